The molecule has 126 valence electrons. The number of nitrogens with zero attached hydrogens (tertiary/aromatic N) is 2. The van der Waals surface area contributed by atoms with Crippen molar-refractivity contribution in [2.45, 2.75) is 52.7 Å². The Labute approximate surface area is 130 Å². The Morgan fingerprint density at radius 2 is 1.29 bits per heavy atom. The maximum Gasteiger partial charge on any atom is 0.0809 e. The largest absolute Gasteiger partial charge is 0.375 e. The van der Waals surface area contributed by atoms with Gasteiger partial charge in [0.2, 0.25) is 0 Å². The number of hydroxylamine groups is 1. The van der Waals surface area contributed by atoms with Crippen molar-refractivity contribution in [3.63, 3.8) is 0 Å². The van der Waals surface area contributed by atoms with Crippen molar-refractivity contribution in [3.8, 4) is 0 Å². The normalized spacial score (nSPS) is 19.1. The first-order valence-corrected chi connectivity index (χ1v) is 8.13. The molecule has 0 amide bonds. The van der Waals surface area contributed by atoms with Gasteiger partial charge in [0.05, 0.1) is 18.8 Å². The van der Waals surface area contributed by atoms with Crippen molar-refractivity contribution < 1.29 is 9.57 Å². The Hall–Kier alpha value is -0.200. The summed E-state index contributed by atoms with van der Waals surface area (Å²) in [7, 11) is 0. The lowest BCUT2D eigenvalue weighted by molar-refractivity contribution is -0.0286. The van der Waals surface area contributed by atoms with E-state index in [9.17, 15) is 0 Å². The van der Waals surface area contributed by atoms with E-state index in [1.807, 2.05) is 0 Å². The Balaban J connectivity index is 2.04. The van der Waals surface area contributed by atoms with E-state index in [0.29, 0.717) is 0 Å². The summed E-state index contributed by atoms with van der Waals surface area (Å²) >= 11 is 0. The third-order valence-corrected chi connectivity index (χ3v) is 3.30. The fourth-order valence-electron chi connectivity index (χ4n) is 2.16. The van der Waals surface area contributed by atoms with Gasteiger partial charge < -0.3 is 4.74 Å². The Morgan fingerprint density at radius 3 is 1.71 bits per heavy atom. The molecule has 0 aromatic heterocycles. The van der Waals surface area contributed by atoms with Gasteiger partial charge in [-0.25, -0.2) is 0 Å². The lowest BCUT2D eigenvalue weighted by Crippen LogP contribution is -2.48. The fourth-order valence-corrected chi connectivity index (χ4v) is 2.16. The van der Waals surface area contributed by atoms with Crippen molar-refractivity contribution >= 4 is 0 Å². The lowest BCUT2D eigenvalue weighted by atomic mass is 10.1. The smallest absolute Gasteiger partial charge is 0.0809 e. The van der Waals surface area contributed by atoms with Crippen molar-refractivity contribution in [1.29, 1.82) is 0 Å². The molecule has 0 saturated carbocycles. The van der Waals surface area contributed by atoms with Crippen LogP contribution in [0.1, 0.15) is 41.5 Å². The monoisotopic (exact) mass is 301 g/mol. The van der Waals surface area contributed by atoms with E-state index in [4.69, 9.17) is 9.57 Å². The molecule has 5 heteroatoms. The highest BCUT2D eigenvalue weighted by atomic mass is 16.6. The van der Waals surface area contributed by atoms with Gasteiger partial charge in [0.15, 0.2) is 0 Å². The van der Waals surface area contributed by atoms with Crippen LogP contribution in [0.4, 0.5) is 0 Å². The molecule has 0 spiro atoms. The third kappa shape index (κ3) is 10.2. The van der Waals surface area contributed by atoms with Crippen LogP contribution in [0.3, 0.4) is 0 Å². The molecule has 1 aliphatic rings. The molecule has 1 N–H and O–H groups in total. The molecule has 0 unspecified atom stereocenters. The van der Waals surface area contributed by atoms with Crippen LogP contribution >= 0.6 is 0 Å². The maximum absolute atomic E-state index is 5.79. The summed E-state index contributed by atoms with van der Waals surface area (Å²) in [5.74, 6) is 0. The summed E-state index contributed by atoms with van der Waals surface area (Å²) in [4.78, 5) is 10.5. The van der Waals surface area contributed by atoms with Gasteiger partial charge in [0.1, 0.15) is 0 Å². The fraction of sp³-hybridized carbons (Fsp3) is 1.00. The molecule has 0 bridgehead atoms. The lowest BCUT2D eigenvalue weighted by Gasteiger charge is -2.35. The molecule has 0 radical (unpaired) electrons. The first-order chi connectivity index (χ1) is 9.66. The highest BCUT2D eigenvalue weighted by molar-refractivity contribution is 4.72. The van der Waals surface area contributed by atoms with Crippen molar-refractivity contribution in [2.24, 2.45) is 0 Å². The van der Waals surface area contributed by atoms with E-state index in [1.165, 1.54) is 0 Å². The van der Waals surface area contributed by atoms with E-state index in [-0.39, 0.29) is 11.1 Å². The van der Waals surface area contributed by atoms with Crippen LogP contribution in [0, 0.1) is 0 Å². The summed E-state index contributed by atoms with van der Waals surface area (Å²) in [6, 6.07) is 0. The number of ether oxygens (including phenoxy) is 1. The van der Waals surface area contributed by atoms with Gasteiger partial charge in [-0.05, 0) is 41.5 Å². The van der Waals surface area contributed by atoms with Crippen LogP contribution in [0.5, 0.6) is 0 Å². The quantitative estimate of drug-likeness (QED) is 0.573. The van der Waals surface area contributed by atoms with E-state index in [0.717, 1.165) is 52.5 Å². The Bertz CT molecular complexity index is 276. The number of rotatable bonds is 7. The molecular formula is C16H35N3O2. The molecule has 0 atom stereocenters. The van der Waals surface area contributed by atoms with Crippen LogP contribution in [0.25, 0.3) is 0 Å². The number of nitrogens with one attached hydrogen (secondary N) is 1. The Kier molecular flexibility index (Phi) is 7.57. The minimum absolute atomic E-state index is 0.0196. The number of piperazine rings is 1. The van der Waals surface area contributed by atoms with E-state index < -0.39 is 0 Å². The second-order valence-corrected chi connectivity index (χ2v) is 7.84. The molecule has 5 nitrogen and oxygen atoms in total. The summed E-state index contributed by atoms with van der Waals surface area (Å²) in [5.41, 5.74) is 3.05. The molecule has 1 heterocycles. The molecule has 21 heavy (non-hydrogen) atoms. The Morgan fingerprint density at radius 1 is 0.810 bits per heavy atom. The molecule has 1 saturated heterocycles. The van der Waals surface area contributed by atoms with Crippen molar-refractivity contribution in [3.05, 3.63) is 0 Å². The zero-order chi connectivity index (χ0) is 15.9. The van der Waals surface area contributed by atoms with Crippen LogP contribution in [0.2, 0.25) is 0 Å². The first-order valence-electron chi connectivity index (χ1n) is 8.13. The highest BCUT2D eigenvalue weighted by Gasteiger charge is 2.18. The van der Waals surface area contributed by atoms with Crippen molar-refractivity contribution in [1.82, 2.24) is 15.3 Å². The number of hydrogen-bond donors (Lipinski definition) is 1. The molecule has 1 rings (SSSR count). The van der Waals surface area contributed by atoms with Crippen LogP contribution in [-0.4, -0.2) is 73.4 Å². The van der Waals surface area contributed by atoms with Gasteiger partial charge in [0, 0.05) is 44.8 Å². The first kappa shape index (κ1) is 18.8. The molecule has 1 fully saturated rings. The average Bonchev–Trinajstić information content (AvgIpc) is 2.34. The molecule has 0 aromatic carbocycles. The summed E-state index contributed by atoms with van der Waals surface area (Å²) in [5, 5.41) is 0. The van der Waals surface area contributed by atoms with Gasteiger partial charge in [-0.2, -0.15) is 5.48 Å². The van der Waals surface area contributed by atoms with E-state index >= 15 is 0 Å². The minimum atomic E-state index is -0.0286. The predicted molar refractivity (Wildman–Crippen MR) is 87.4 cm³/mol. The number of hydrogen-bond acceptors (Lipinski definition) is 5. The van der Waals surface area contributed by atoms with Crippen LogP contribution < -0.4 is 5.48 Å². The van der Waals surface area contributed by atoms with Gasteiger partial charge in [0.25, 0.3) is 0 Å². The second kappa shape index (κ2) is 8.44. The van der Waals surface area contributed by atoms with E-state index in [2.05, 4.69) is 56.8 Å². The maximum atomic E-state index is 5.79. The van der Waals surface area contributed by atoms with Crippen LogP contribution in [0.15, 0.2) is 0 Å². The van der Waals surface area contributed by atoms with Crippen LogP contribution in [-0.2, 0) is 9.57 Å². The molecule has 1 aliphatic heterocycles. The summed E-state index contributed by atoms with van der Waals surface area (Å²) < 4.78 is 5.79. The molecule has 0 aromatic rings. The molecule has 0 aliphatic carbocycles. The van der Waals surface area contributed by atoms with Crippen molar-refractivity contribution in [2.75, 3.05) is 52.5 Å². The standard InChI is InChI=1S/C16H35N3O2/c1-15(2,3)17-21-14-12-19-9-7-18(8-10-19)11-13-20-16(4,5)6/h17H,7-14H2,1-6H3. The predicted octanol–water partition coefficient (Wildman–Crippen LogP) is 1.74. The zero-order valence-electron chi connectivity index (χ0n) is 14.9. The second-order valence-electron chi connectivity index (χ2n) is 7.84. The van der Waals surface area contributed by atoms with Gasteiger partial charge in [-0.1, -0.05) is 0 Å². The zero-order valence-corrected chi connectivity index (χ0v) is 14.9. The minimum Gasteiger partial charge on any atom is -0.375 e. The SMILES string of the molecule is CC(C)(C)NOCCN1CCN(CCOC(C)(C)C)CC1. The third-order valence-electron chi connectivity index (χ3n) is 3.30. The van der Waals surface area contributed by atoms with Gasteiger partial charge >= 0.3 is 0 Å². The molecular weight excluding hydrogens is 266 g/mol. The highest BCUT2D eigenvalue weighted by Crippen LogP contribution is 2.07. The summed E-state index contributed by atoms with van der Waals surface area (Å²) in [6.45, 7) is 20.7. The van der Waals surface area contributed by atoms with Gasteiger partial charge in [-0.15, -0.1) is 0 Å². The summed E-state index contributed by atoms with van der Waals surface area (Å²) in [6.07, 6.45) is 0. The topological polar surface area (TPSA) is 37.0 Å². The van der Waals surface area contributed by atoms with Gasteiger partial charge in [-0.3, -0.25) is 14.6 Å². The average molecular weight is 301 g/mol. The van der Waals surface area contributed by atoms with E-state index in [1.54, 1.807) is 0 Å².